The SMILES string of the molecule is COC(=O)c1c(NC(C)=O)c2cc(N[C@H](C)CCc3ccc(OC)cc3)cnc2n1C. The smallest absolute Gasteiger partial charge is 0.356 e. The van der Waals surface area contributed by atoms with Crippen LogP contribution in [0.1, 0.15) is 36.3 Å². The fraction of sp³-hybridized carbons (Fsp3) is 0.348. The molecule has 0 aliphatic heterocycles. The number of hydrogen-bond donors (Lipinski definition) is 2. The number of benzene rings is 1. The Morgan fingerprint density at radius 3 is 2.52 bits per heavy atom. The van der Waals surface area contributed by atoms with Crippen LogP contribution in [0.25, 0.3) is 11.0 Å². The zero-order valence-corrected chi connectivity index (χ0v) is 18.5. The van der Waals surface area contributed by atoms with Crippen molar-refractivity contribution < 1.29 is 19.1 Å². The summed E-state index contributed by atoms with van der Waals surface area (Å²) < 4.78 is 11.7. The largest absolute Gasteiger partial charge is 0.497 e. The summed E-state index contributed by atoms with van der Waals surface area (Å²) in [7, 11) is 4.68. The van der Waals surface area contributed by atoms with Crippen molar-refractivity contribution >= 4 is 34.3 Å². The van der Waals surface area contributed by atoms with Crippen molar-refractivity contribution in [1.29, 1.82) is 0 Å². The number of esters is 1. The maximum absolute atomic E-state index is 12.3. The lowest BCUT2D eigenvalue weighted by Gasteiger charge is -2.15. The average Bonchev–Trinajstić information content (AvgIpc) is 3.02. The molecule has 8 heteroatoms. The van der Waals surface area contributed by atoms with Crippen LogP contribution in [0.4, 0.5) is 11.4 Å². The maximum atomic E-state index is 12.3. The predicted molar refractivity (Wildman–Crippen MR) is 121 cm³/mol. The van der Waals surface area contributed by atoms with Crippen molar-refractivity contribution in [2.45, 2.75) is 32.7 Å². The van der Waals surface area contributed by atoms with Crippen LogP contribution in [0.3, 0.4) is 0 Å². The van der Waals surface area contributed by atoms with Crippen LogP contribution in [0, 0.1) is 0 Å². The van der Waals surface area contributed by atoms with Gasteiger partial charge in [0.15, 0.2) is 5.69 Å². The first-order valence-corrected chi connectivity index (χ1v) is 10.1. The number of methoxy groups -OCH3 is 2. The Morgan fingerprint density at radius 1 is 1.19 bits per heavy atom. The molecule has 3 aromatic rings. The van der Waals surface area contributed by atoms with Gasteiger partial charge in [0.25, 0.3) is 0 Å². The second-order valence-corrected chi connectivity index (χ2v) is 7.48. The molecule has 1 atom stereocenters. The number of carbonyl (C=O) groups excluding carboxylic acids is 2. The molecule has 0 saturated heterocycles. The van der Waals surface area contributed by atoms with E-state index in [0.29, 0.717) is 16.7 Å². The summed E-state index contributed by atoms with van der Waals surface area (Å²) >= 11 is 0. The minimum Gasteiger partial charge on any atom is -0.497 e. The van der Waals surface area contributed by atoms with Crippen molar-refractivity contribution in [2.24, 2.45) is 7.05 Å². The van der Waals surface area contributed by atoms with Crippen molar-refractivity contribution in [2.75, 3.05) is 24.9 Å². The summed E-state index contributed by atoms with van der Waals surface area (Å²) in [5.74, 6) is 0.0361. The number of amides is 1. The highest BCUT2D eigenvalue weighted by Crippen LogP contribution is 2.32. The third-order valence-electron chi connectivity index (χ3n) is 5.14. The van der Waals surface area contributed by atoms with Crippen molar-refractivity contribution in [3.8, 4) is 5.75 Å². The molecule has 3 rings (SSSR count). The molecule has 2 aromatic heterocycles. The predicted octanol–water partition coefficient (Wildman–Crippen LogP) is 3.76. The molecule has 0 fully saturated rings. The zero-order chi connectivity index (χ0) is 22.5. The lowest BCUT2D eigenvalue weighted by molar-refractivity contribution is -0.114. The number of hydrogen-bond acceptors (Lipinski definition) is 6. The van der Waals surface area contributed by atoms with Gasteiger partial charge in [-0.2, -0.15) is 0 Å². The number of anilines is 2. The number of nitrogens with one attached hydrogen (secondary N) is 2. The molecule has 31 heavy (non-hydrogen) atoms. The minimum absolute atomic E-state index is 0.189. The van der Waals surface area contributed by atoms with Crippen LogP contribution in [0.2, 0.25) is 0 Å². The normalized spacial score (nSPS) is 11.8. The fourth-order valence-corrected chi connectivity index (χ4v) is 3.56. The summed E-state index contributed by atoms with van der Waals surface area (Å²) in [6, 6.07) is 10.1. The quantitative estimate of drug-likeness (QED) is 0.535. The van der Waals surface area contributed by atoms with E-state index in [9.17, 15) is 9.59 Å². The Kier molecular flexibility index (Phi) is 6.79. The number of aryl methyl sites for hydroxylation is 2. The molecule has 1 aromatic carbocycles. The summed E-state index contributed by atoms with van der Waals surface area (Å²) in [6.45, 7) is 3.50. The topological polar surface area (TPSA) is 94.5 Å². The van der Waals surface area contributed by atoms with Crippen molar-refractivity contribution in [3.63, 3.8) is 0 Å². The van der Waals surface area contributed by atoms with E-state index < -0.39 is 5.97 Å². The van der Waals surface area contributed by atoms with Gasteiger partial charge in [-0.1, -0.05) is 12.1 Å². The molecule has 2 heterocycles. The average molecular weight is 425 g/mol. The van der Waals surface area contributed by atoms with E-state index in [1.807, 2.05) is 18.2 Å². The molecule has 0 saturated carbocycles. The van der Waals surface area contributed by atoms with Crippen molar-refractivity contribution in [1.82, 2.24) is 9.55 Å². The van der Waals surface area contributed by atoms with Gasteiger partial charge in [0.1, 0.15) is 11.4 Å². The molecule has 0 bridgehead atoms. The van der Waals surface area contributed by atoms with Gasteiger partial charge in [0, 0.05) is 25.4 Å². The molecule has 0 unspecified atom stereocenters. The molecule has 0 spiro atoms. The molecular formula is C23H28N4O4. The molecule has 2 N–H and O–H groups in total. The molecule has 0 radical (unpaired) electrons. The molecule has 0 aliphatic rings. The Labute approximate surface area is 181 Å². The molecule has 1 amide bonds. The molecule has 164 valence electrons. The van der Waals surface area contributed by atoms with Gasteiger partial charge in [-0.25, -0.2) is 9.78 Å². The van der Waals surface area contributed by atoms with E-state index in [0.717, 1.165) is 24.3 Å². The van der Waals surface area contributed by atoms with Gasteiger partial charge in [-0.3, -0.25) is 4.79 Å². The lowest BCUT2D eigenvalue weighted by Crippen LogP contribution is -2.16. The lowest BCUT2D eigenvalue weighted by atomic mass is 10.1. The Bertz CT molecular complexity index is 1090. The van der Waals surface area contributed by atoms with Crippen LogP contribution in [-0.4, -0.2) is 41.7 Å². The third kappa shape index (κ3) is 4.96. The van der Waals surface area contributed by atoms with E-state index in [2.05, 4.69) is 34.7 Å². The Morgan fingerprint density at radius 2 is 1.90 bits per heavy atom. The highest BCUT2D eigenvalue weighted by molar-refractivity contribution is 6.10. The monoisotopic (exact) mass is 424 g/mol. The van der Waals surface area contributed by atoms with E-state index in [1.165, 1.54) is 19.6 Å². The summed E-state index contributed by atoms with van der Waals surface area (Å²) in [4.78, 5) is 28.5. The van der Waals surface area contributed by atoms with E-state index in [-0.39, 0.29) is 17.6 Å². The second kappa shape index (κ2) is 9.51. The van der Waals surface area contributed by atoms with Crippen LogP contribution >= 0.6 is 0 Å². The van der Waals surface area contributed by atoms with E-state index >= 15 is 0 Å². The number of fused-ring (bicyclic) bond motifs is 1. The fourth-order valence-electron chi connectivity index (χ4n) is 3.56. The van der Waals surface area contributed by atoms with Crippen LogP contribution in [0.15, 0.2) is 36.5 Å². The number of nitrogens with zero attached hydrogens (tertiary/aromatic N) is 2. The van der Waals surface area contributed by atoms with Gasteiger partial charge in [0.2, 0.25) is 5.91 Å². The van der Waals surface area contributed by atoms with Crippen LogP contribution < -0.4 is 15.4 Å². The second-order valence-electron chi connectivity index (χ2n) is 7.48. The van der Waals surface area contributed by atoms with Gasteiger partial charge in [-0.05, 0) is 43.5 Å². The van der Waals surface area contributed by atoms with Crippen LogP contribution in [0.5, 0.6) is 5.75 Å². The van der Waals surface area contributed by atoms with Gasteiger partial charge in [0.05, 0.1) is 31.8 Å². The standard InChI is InChI=1S/C23H28N4O4/c1-14(6-7-16-8-10-18(30-4)11-9-16)25-17-12-19-20(26-15(2)28)21(23(29)31-5)27(3)22(19)24-13-17/h8-14,25H,6-7H2,1-5H3,(H,26,28)/t14-/m1/s1. The summed E-state index contributed by atoms with van der Waals surface area (Å²) in [5.41, 5.74) is 3.29. The number of rotatable bonds is 8. The number of carbonyl (C=O) groups is 2. The Balaban J connectivity index is 1.80. The first kappa shape index (κ1) is 22.1. The highest BCUT2D eigenvalue weighted by Gasteiger charge is 2.23. The van der Waals surface area contributed by atoms with Gasteiger partial charge >= 0.3 is 5.97 Å². The summed E-state index contributed by atoms with van der Waals surface area (Å²) in [5, 5.41) is 6.88. The van der Waals surface area contributed by atoms with E-state index in [4.69, 9.17) is 9.47 Å². The zero-order valence-electron chi connectivity index (χ0n) is 18.5. The molecular weight excluding hydrogens is 396 g/mol. The highest BCUT2D eigenvalue weighted by atomic mass is 16.5. The Hall–Kier alpha value is -3.55. The van der Waals surface area contributed by atoms with Gasteiger partial charge < -0.3 is 24.7 Å². The number of ether oxygens (including phenoxy) is 2. The number of aromatic nitrogens is 2. The first-order valence-electron chi connectivity index (χ1n) is 10.1. The third-order valence-corrected chi connectivity index (χ3v) is 5.14. The molecule has 8 nitrogen and oxygen atoms in total. The van der Waals surface area contributed by atoms with Crippen LogP contribution in [-0.2, 0) is 23.0 Å². The summed E-state index contributed by atoms with van der Waals surface area (Å²) in [6.07, 6.45) is 3.57. The first-order chi connectivity index (χ1) is 14.8. The van der Waals surface area contributed by atoms with Crippen molar-refractivity contribution in [3.05, 3.63) is 47.8 Å². The minimum atomic E-state index is -0.536. The number of pyridine rings is 1. The molecule has 0 aliphatic carbocycles. The van der Waals surface area contributed by atoms with Gasteiger partial charge in [-0.15, -0.1) is 0 Å². The maximum Gasteiger partial charge on any atom is 0.356 e. The van der Waals surface area contributed by atoms with E-state index in [1.54, 1.807) is 24.9 Å².